The van der Waals surface area contributed by atoms with Crippen LogP contribution >= 0.6 is 23.1 Å². The summed E-state index contributed by atoms with van der Waals surface area (Å²) in [5, 5.41) is 4.96. The van der Waals surface area contributed by atoms with Crippen LogP contribution in [-0.2, 0) is 20.1 Å². The largest absolute Gasteiger partial charge is 0.455 e. The maximum atomic E-state index is 12.9. The van der Waals surface area contributed by atoms with Gasteiger partial charge in [0, 0.05) is 16.6 Å². The standard InChI is InChI=1S/C23H18FN3O4S2/c24-15-6-8-16(9-7-15)25-19(28)10-31-20(29)13-32-12-18-26-22(30)21-17(11-33-23(21)27-18)14-4-2-1-3-5-14/h1-9,11H,10,12-13H2,(H,25,28)(H,26,27,30). The van der Waals surface area contributed by atoms with Gasteiger partial charge in [-0.05, 0) is 29.8 Å². The van der Waals surface area contributed by atoms with E-state index in [2.05, 4.69) is 15.3 Å². The van der Waals surface area contributed by atoms with Gasteiger partial charge < -0.3 is 15.0 Å². The van der Waals surface area contributed by atoms with E-state index in [9.17, 15) is 18.8 Å². The predicted molar refractivity (Wildman–Crippen MR) is 128 cm³/mol. The van der Waals surface area contributed by atoms with Gasteiger partial charge in [0.15, 0.2) is 6.61 Å². The minimum absolute atomic E-state index is 0.00865. The topological polar surface area (TPSA) is 101 Å². The van der Waals surface area contributed by atoms with Crippen molar-refractivity contribution in [2.24, 2.45) is 0 Å². The Hall–Kier alpha value is -3.50. The summed E-state index contributed by atoms with van der Waals surface area (Å²) in [5.74, 6) is -0.752. The Morgan fingerprint density at radius 2 is 1.88 bits per heavy atom. The molecule has 0 atom stereocenters. The second kappa shape index (κ2) is 10.4. The number of H-pyrrole nitrogens is 1. The Morgan fingerprint density at radius 3 is 2.64 bits per heavy atom. The maximum Gasteiger partial charge on any atom is 0.316 e. The van der Waals surface area contributed by atoms with Crippen molar-refractivity contribution < 1.29 is 18.7 Å². The van der Waals surface area contributed by atoms with Crippen molar-refractivity contribution in [3.8, 4) is 11.1 Å². The highest BCUT2D eigenvalue weighted by atomic mass is 32.2. The van der Waals surface area contributed by atoms with E-state index in [0.29, 0.717) is 27.5 Å². The molecule has 2 aromatic heterocycles. The van der Waals surface area contributed by atoms with Gasteiger partial charge in [0.05, 0.1) is 16.9 Å². The van der Waals surface area contributed by atoms with Gasteiger partial charge in [0.1, 0.15) is 16.5 Å². The van der Waals surface area contributed by atoms with Gasteiger partial charge in [-0.25, -0.2) is 9.37 Å². The monoisotopic (exact) mass is 483 g/mol. The van der Waals surface area contributed by atoms with Crippen molar-refractivity contribution >= 4 is 50.9 Å². The summed E-state index contributed by atoms with van der Waals surface area (Å²) >= 11 is 2.61. The summed E-state index contributed by atoms with van der Waals surface area (Å²) in [6.07, 6.45) is 0. The van der Waals surface area contributed by atoms with Crippen molar-refractivity contribution in [2.75, 3.05) is 17.7 Å². The molecule has 4 rings (SSSR count). The second-order valence-electron chi connectivity index (χ2n) is 6.92. The zero-order chi connectivity index (χ0) is 23.2. The first-order valence-electron chi connectivity index (χ1n) is 9.84. The normalized spacial score (nSPS) is 10.8. The second-order valence-corrected chi connectivity index (χ2v) is 8.76. The summed E-state index contributed by atoms with van der Waals surface area (Å²) in [6, 6.07) is 14.9. The molecule has 0 saturated heterocycles. The molecule has 2 N–H and O–H groups in total. The number of aromatic nitrogens is 2. The number of halogens is 1. The van der Waals surface area contributed by atoms with Crippen LogP contribution in [0.25, 0.3) is 21.3 Å². The van der Waals surface area contributed by atoms with E-state index in [1.54, 1.807) is 0 Å². The molecule has 0 bridgehead atoms. The van der Waals surface area contributed by atoms with Crippen LogP contribution in [0.3, 0.4) is 0 Å². The van der Waals surface area contributed by atoms with E-state index >= 15 is 0 Å². The quantitative estimate of drug-likeness (QED) is 0.364. The van der Waals surface area contributed by atoms with E-state index in [1.165, 1.54) is 47.4 Å². The van der Waals surface area contributed by atoms with Gasteiger partial charge >= 0.3 is 5.97 Å². The summed E-state index contributed by atoms with van der Waals surface area (Å²) in [4.78, 5) is 44.3. The van der Waals surface area contributed by atoms with Crippen LogP contribution in [0, 0.1) is 5.82 Å². The molecule has 0 fully saturated rings. The Morgan fingerprint density at radius 1 is 1.12 bits per heavy atom. The lowest BCUT2D eigenvalue weighted by molar-refractivity contribution is -0.144. The van der Waals surface area contributed by atoms with Crippen LogP contribution in [-0.4, -0.2) is 34.2 Å². The van der Waals surface area contributed by atoms with Gasteiger partial charge in [0.2, 0.25) is 0 Å². The zero-order valence-electron chi connectivity index (χ0n) is 17.2. The molecule has 0 spiro atoms. The Labute approximate surface area is 196 Å². The first kappa shape index (κ1) is 22.7. The van der Waals surface area contributed by atoms with Crippen LogP contribution < -0.4 is 10.9 Å². The number of anilines is 1. The molecule has 0 saturated carbocycles. The van der Waals surface area contributed by atoms with E-state index in [0.717, 1.165) is 11.1 Å². The number of carbonyl (C=O) groups excluding carboxylic acids is 2. The van der Waals surface area contributed by atoms with E-state index in [1.807, 2.05) is 35.7 Å². The highest BCUT2D eigenvalue weighted by Gasteiger charge is 2.14. The maximum absolute atomic E-state index is 12.9. The lowest BCUT2D eigenvalue weighted by atomic mass is 10.1. The molecule has 2 aromatic carbocycles. The van der Waals surface area contributed by atoms with Crippen LogP contribution in [0.5, 0.6) is 0 Å². The van der Waals surface area contributed by atoms with Crippen molar-refractivity contribution in [1.29, 1.82) is 0 Å². The molecule has 0 unspecified atom stereocenters. The molecule has 7 nitrogen and oxygen atoms in total. The number of nitrogens with one attached hydrogen (secondary N) is 2. The molecule has 2 heterocycles. The number of thiophene rings is 1. The molecular formula is C23H18FN3O4S2. The van der Waals surface area contributed by atoms with Crippen molar-refractivity contribution in [1.82, 2.24) is 9.97 Å². The molecule has 0 aliphatic heterocycles. The zero-order valence-corrected chi connectivity index (χ0v) is 18.8. The number of hydrogen-bond donors (Lipinski definition) is 2. The van der Waals surface area contributed by atoms with E-state index in [4.69, 9.17) is 4.74 Å². The van der Waals surface area contributed by atoms with Crippen LogP contribution in [0.1, 0.15) is 5.82 Å². The highest BCUT2D eigenvalue weighted by molar-refractivity contribution is 7.99. The number of nitrogens with zero attached hydrogens (tertiary/aromatic N) is 1. The first-order valence-corrected chi connectivity index (χ1v) is 11.9. The number of rotatable bonds is 8. The van der Waals surface area contributed by atoms with Crippen LogP contribution in [0.15, 0.2) is 64.8 Å². The predicted octanol–water partition coefficient (Wildman–Crippen LogP) is 4.21. The Bertz CT molecular complexity index is 1340. The smallest absolute Gasteiger partial charge is 0.316 e. The number of thioether (sulfide) groups is 1. The van der Waals surface area contributed by atoms with E-state index in [-0.39, 0.29) is 11.3 Å². The lowest BCUT2D eigenvalue weighted by Crippen LogP contribution is -2.21. The molecule has 4 aromatic rings. The van der Waals surface area contributed by atoms with Gasteiger partial charge in [-0.1, -0.05) is 30.3 Å². The fourth-order valence-electron chi connectivity index (χ4n) is 3.04. The summed E-state index contributed by atoms with van der Waals surface area (Å²) in [7, 11) is 0. The SMILES string of the molecule is O=C(COC(=O)CSCc1nc2scc(-c3ccccc3)c2c(=O)[nH]1)Nc1ccc(F)cc1. The summed E-state index contributed by atoms with van der Waals surface area (Å²) in [5.41, 5.74) is 1.97. The van der Waals surface area contributed by atoms with Crippen LogP contribution in [0.2, 0.25) is 0 Å². The average Bonchev–Trinajstić information content (AvgIpc) is 3.24. The number of amides is 1. The van der Waals surface area contributed by atoms with Crippen molar-refractivity contribution in [3.63, 3.8) is 0 Å². The third kappa shape index (κ3) is 5.85. The Balaban J connectivity index is 1.28. The first-order chi connectivity index (χ1) is 16.0. The number of esters is 1. The minimum atomic E-state index is -0.569. The number of ether oxygens (including phenoxy) is 1. The average molecular weight is 484 g/mol. The molecular weight excluding hydrogens is 465 g/mol. The molecule has 0 aliphatic carbocycles. The van der Waals surface area contributed by atoms with Gasteiger partial charge in [-0.15, -0.1) is 23.1 Å². The molecule has 10 heteroatoms. The molecule has 0 aliphatic rings. The number of hydrogen-bond acceptors (Lipinski definition) is 7. The fraction of sp³-hybridized carbons (Fsp3) is 0.130. The number of aromatic amines is 1. The number of carbonyl (C=O) groups is 2. The van der Waals surface area contributed by atoms with Gasteiger partial charge in [-0.2, -0.15) is 0 Å². The Kier molecular flexibility index (Phi) is 7.16. The number of fused-ring (bicyclic) bond motifs is 1. The fourth-order valence-corrected chi connectivity index (χ4v) is 4.69. The third-order valence-electron chi connectivity index (χ3n) is 4.53. The molecule has 1 amide bonds. The third-order valence-corrected chi connectivity index (χ3v) is 6.32. The summed E-state index contributed by atoms with van der Waals surface area (Å²) < 4.78 is 17.8. The van der Waals surface area contributed by atoms with E-state index < -0.39 is 24.3 Å². The van der Waals surface area contributed by atoms with Gasteiger partial charge in [-0.3, -0.25) is 14.4 Å². The van der Waals surface area contributed by atoms with Crippen molar-refractivity contribution in [3.05, 3.63) is 82.0 Å². The summed E-state index contributed by atoms with van der Waals surface area (Å²) in [6.45, 7) is -0.449. The lowest BCUT2D eigenvalue weighted by Gasteiger charge is -2.06. The highest BCUT2D eigenvalue weighted by Crippen LogP contribution is 2.30. The molecule has 0 radical (unpaired) electrons. The van der Waals surface area contributed by atoms with Crippen molar-refractivity contribution in [2.45, 2.75) is 5.75 Å². The molecule has 168 valence electrons. The molecule has 33 heavy (non-hydrogen) atoms. The van der Waals surface area contributed by atoms with Crippen LogP contribution in [0.4, 0.5) is 10.1 Å². The van der Waals surface area contributed by atoms with Gasteiger partial charge in [0.25, 0.3) is 11.5 Å². The minimum Gasteiger partial charge on any atom is -0.455 e. The number of benzene rings is 2.